The Morgan fingerprint density at radius 1 is 1.25 bits per heavy atom. The summed E-state index contributed by atoms with van der Waals surface area (Å²) in [4.78, 5) is 10.5. The van der Waals surface area contributed by atoms with E-state index in [9.17, 15) is 4.79 Å². The van der Waals surface area contributed by atoms with Gasteiger partial charge in [-0.05, 0) is 54.5 Å². The third-order valence-electron chi connectivity index (χ3n) is 2.64. The Kier molecular flexibility index (Phi) is 4.43. The molecule has 20 heavy (non-hydrogen) atoms. The van der Waals surface area contributed by atoms with Gasteiger partial charge in [-0.2, -0.15) is 0 Å². The molecule has 0 aliphatic rings. The van der Waals surface area contributed by atoms with E-state index >= 15 is 0 Å². The molecule has 2 aromatic rings. The SMILES string of the molecule is Cc1cc(Cl)ccc1Oc1cccc(C=CC(=O)O)c1. The van der Waals surface area contributed by atoms with Crippen LogP contribution in [0.2, 0.25) is 5.02 Å². The van der Waals surface area contributed by atoms with E-state index in [2.05, 4.69) is 0 Å². The van der Waals surface area contributed by atoms with Crippen molar-refractivity contribution < 1.29 is 14.6 Å². The Hall–Kier alpha value is -2.26. The molecule has 1 N–H and O–H groups in total. The number of hydrogen-bond acceptors (Lipinski definition) is 2. The summed E-state index contributed by atoms with van der Waals surface area (Å²) in [6, 6.07) is 12.6. The van der Waals surface area contributed by atoms with Crippen molar-refractivity contribution in [3.8, 4) is 11.5 Å². The van der Waals surface area contributed by atoms with Crippen molar-refractivity contribution in [2.75, 3.05) is 0 Å². The Morgan fingerprint density at radius 2 is 2.05 bits per heavy atom. The second-order valence-electron chi connectivity index (χ2n) is 4.26. The number of rotatable bonds is 4. The average Bonchev–Trinajstić information content (AvgIpc) is 2.40. The van der Waals surface area contributed by atoms with Gasteiger partial charge in [0.2, 0.25) is 0 Å². The number of aryl methyl sites for hydroxylation is 1. The van der Waals surface area contributed by atoms with Crippen LogP contribution in [0.15, 0.2) is 48.5 Å². The number of ether oxygens (including phenoxy) is 1. The lowest BCUT2D eigenvalue weighted by atomic mass is 10.2. The van der Waals surface area contributed by atoms with Gasteiger partial charge in [0.15, 0.2) is 0 Å². The van der Waals surface area contributed by atoms with Gasteiger partial charge >= 0.3 is 5.97 Å². The smallest absolute Gasteiger partial charge is 0.328 e. The number of carbonyl (C=O) groups is 1. The lowest BCUT2D eigenvalue weighted by Crippen LogP contribution is -1.89. The Bertz CT molecular complexity index is 663. The highest BCUT2D eigenvalue weighted by Gasteiger charge is 2.02. The highest BCUT2D eigenvalue weighted by Crippen LogP contribution is 2.27. The first-order valence-corrected chi connectivity index (χ1v) is 6.37. The number of carboxylic acid groups (broad SMARTS) is 1. The van der Waals surface area contributed by atoms with Crippen molar-refractivity contribution in [2.45, 2.75) is 6.92 Å². The predicted molar refractivity (Wildman–Crippen MR) is 79.4 cm³/mol. The van der Waals surface area contributed by atoms with E-state index in [1.54, 1.807) is 24.3 Å². The molecule has 0 saturated heterocycles. The fourth-order valence-electron chi connectivity index (χ4n) is 1.70. The van der Waals surface area contributed by atoms with Gasteiger partial charge in [0.1, 0.15) is 11.5 Å². The molecular weight excluding hydrogens is 276 g/mol. The minimum atomic E-state index is -0.982. The zero-order valence-electron chi connectivity index (χ0n) is 10.8. The van der Waals surface area contributed by atoms with Crippen LogP contribution in [-0.4, -0.2) is 11.1 Å². The molecule has 0 radical (unpaired) electrons. The fourth-order valence-corrected chi connectivity index (χ4v) is 1.93. The third kappa shape index (κ3) is 3.87. The van der Waals surface area contributed by atoms with Crippen molar-refractivity contribution in [1.82, 2.24) is 0 Å². The van der Waals surface area contributed by atoms with Gasteiger partial charge in [-0.1, -0.05) is 23.7 Å². The standard InChI is InChI=1S/C16H13ClO3/c1-11-9-13(17)6-7-15(11)20-14-4-2-3-12(10-14)5-8-16(18)19/h2-10H,1H3,(H,18,19). The monoisotopic (exact) mass is 288 g/mol. The number of hydrogen-bond donors (Lipinski definition) is 1. The summed E-state index contributed by atoms with van der Waals surface area (Å²) < 4.78 is 5.77. The molecule has 0 atom stereocenters. The largest absolute Gasteiger partial charge is 0.478 e. The van der Waals surface area contributed by atoms with Crippen molar-refractivity contribution in [3.05, 3.63) is 64.7 Å². The van der Waals surface area contributed by atoms with Gasteiger partial charge in [0.05, 0.1) is 0 Å². The van der Waals surface area contributed by atoms with Crippen LogP contribution in [0, 0.1) is 6.92 Å². The van der Waals surface area contributed by atoms with E-state index in [0.29, 0.717) is 16.5 Å². The molecule has 0 heterocycles. The summed E-state index contributed by atoms with van der Waals surface area (Å²) in [5, 5.41) is 9.27. The van der Waals surface area contributed by atoms with Crippen LogP contribution in [0.5, 0.6) is 11.5 Å². The van der Waals surface area contributed by atoms with Gasteiger partial charge in [-0.3, -0.25) is 0 Å². The van der Waals surface area contributed by atoms with E-state index in [4.69, 9.17) is 21.4 Å². The van der Waals surface area contributed by atoms with Gasteiger partial charge in [0, 0.05) is 11.1 Å². The van der Waals surface area contributed by atoms with Gasteiger partial charge in [-0.25, -0.2) is 4.79 Å². The summed E-state index contributed by atoms with van der Waals surface area (Å²) in [5.41, 5.74) is 1.69. The summed E-state index contributed by atoms with van der Waals surface area (Å²) in [6.45, 7) is 1.91. The van der Waals surface area contributed by atoms with Crippen LogP contribution < -0.4 is 4.74 Å². The molecule has 2 aromatic carbocycles. The summed E-state index contributed by atoms with van der Waals surface area (Å²) >= 11 is 5.90. The third-order valence-corrected chi connectivity index (χ3v) is 2.88. The van der Waals surface area contributed by atoms with Crippen LogP contribution in [0.1, 0.15) is 11.1 Å². The zero-order valence-corrected chi connectivity index (χ0v) is 11.6. The molecule has 102 valence electrons. The van der Waals surface area contributed by atoms with Crippen molar-refractivity contribution in [2.24, 2.45) is 0 Å². The normalized spacial score (nSPS) is 10.7. The topological polar surface area (TPSA) is 46.5 Å². The molecule has 0 spiro atoms. The molecule has 0 aromatic heterocycles. The van der Waals surface area contributed by atoms with Crippen molar-refractivity contribution in [1.29, 1.82) is 0 Å². The summed E-state index contributed by atoms with van der Waals surface area (Å²) in [5.74, 6) is 0.376. The van der Waals surface area contributed by atoms with Gasteiger partial charge < -0.3 is 9.84 Å². The number of benzene rings is 2. The Balaban J connectivity index is 2.21. The van der Waals surface area contributed by atoms with Crippen LogP contribution in [0.3, 0.4) is 0 Å². The van der Waals surface area contributed by atoms with E-state index in [1.807, 2.05) is 25.1 Å². The average molecular weight is 289 g/mol. The first-order chi connectivity index (χ1) is 9.54. The van der Waals surface area contributed by atoms with Crippen LogP contribution in [0.25, 0.3) is 6.08 Å². The number of carboxylic acids is 1. The van der Waals surface area contributed by atoms with Crippen LogP contribution in [-0.2, 0) is 4.79 Å². The molecule has 0 aliphatic carbocycles. The Morgan fingerprint density at radius 3 is 2.75 bits per heavy atom. The molecule has 0 fully saturated rings. The van der Waals surface area contributed by atoms with E-state index in [1.165, 1.54) is 6.08 Å². The molecular formula is C16H13ClO3. The highest BCUT2D eigenvalue weighted by atomic mass is 35.5. The number of halogens is 1. The summed E-state index contributed by atoms with van der Waals surface area (Å²) in [6.07, 6.45) is 2.61. The predicted octanol–water partition coefficient (Wildman–Crippen LogP) is 4.54. The van der Waals surface area contributed by atoms with Crippen LogP contribution >= 0.6 is 11.6 Å². The van der Waals surface area contributed by atoms with E-state index in [0.717, 1.165) is 17.2 Å². The molecule has 0 bridgehead atoms. The number of aliphatic carboxylic acids is 1. The summed E-state index contributed by atoms with van der Waals surface area (Å²) in [7, 11) is 0. The minimum Gasteiger partial charge on any atom is -0.478 e. The molecule has 0 aliphatic heterocycles. The maximum absolute atomic E-state index is 10.5. The maximum Gasteiger partial charge on any atom is 0.328 e. The quantitative estimate of drug-likeness (QED) is 0.840. The maximum atomic E-state index is 10.5. The lowest BCUT2D eigenvalue weighted by molar-refractivity contribution is -0.131. The molecule has 0 amide bonds. The van der Waals surface area contributed by atoms with E-state index in [-0.39, 0.29) is 0 Å². The van der Waals surface area contributed by atoms with Crippen LogP contribution in [0.4, 0.5) is 0 Å². The van der Waals surface area contributed by atoms with Crippen molar-refractivity contribution >= 4 is 23.6 Å². The van der Waals surface area contributed by atoms with Crippen molar-refractivity contribution in [3.63, 3.8) is 0 Å². The van der Waals surface area contributed by atoms with Gasteiger partial charge in [-0.15, -0.1) is 0 Å². The molecule has 4 heteroatoms. The lowest BCUT2D eigenvalue weighted by Gasteiger charge is -2.09. The zero-order chi connectivity index (χ0) is 14.5. The second kappa shape index (κ2) is 6.26. The first-order valence-electron chi connectivity index (χ1n) is 6.00. The highest BCUT2D eigenvalue weighted by molar-refractivity contribution is 6.30. The van der Waals surface area contributed by atoms with Gasteiger partial charge in [0.25, 0.3) is 0 Å². The second-order valence-corrected chi connectivity index (χ2v) is 4.69. The first kappa shape index (κ1) is 14.2. The fraction of sp³-hybridized carbons (Fsp3) is 0.0625. The molecule has 0 saturated carbocycles. The molecule has 2 rings (SSSR count). The molecule has 0 unspecified atom stereocenters. The molecule has 3 nitrogen and oxygen atoms in total. The minimum absolute atomic E-state index is 0.642. The Labute approximate surface area is 122 Å². The van der Waals surface area contributed by atoms with E-state index < -0.39 is 5.97 Å².